The van der Waals surface area contributed by atoms with Gasteiger partial charge >= 0.3 is 0 Å². The summed E-state index contributed by atoms with van der Waals surface area (Å²) in [6.45, 7) is 18.1. The van der Waals surface area contributed by atoms with Gasteiger partial charge < -0.3 is 0 Å². The highest BCUT2D eigenvalue weighted by Crippen LogP contribution is 2.26. The Balaban J connectivity index is 0.000000234. The van der Waals surface area contributed by atoms with Gasteiger partial charge in [-0.3, -0.25) is 0 Å². The summed E-state index contributed by atoms with van der Waals surface area (Å²) in [6.07, 6.45) is 12.8. The van der Waals surface area contributed by atoms with Crippen molar-refractivity contribution < 1.29 is 0 Å². The Morgan fingerprint density at radius 2 is 1.61 bits per heavy atom. The van der Waals surface area contributed by atoms with Gasteiger partial charge in [0.2, 0.25) is 0 Å². The van der Waals surface area contributed by atoms with E-state index in [2.05, 4.69) is 82.5 Å². The zero-order chi connectivity index (χ0) is 20.9. The average molecular weight is 373 g/mol. The van der Waals surface area contributed by atoms with Crippen LogP contribution in [0.1, 0.15) is 46.1 Å². The Labute approximate surface area is 172 Å². The molecule has 28 heavy (non-hydrogen) atoms. The molecule has 0 spiro atoms. The lowest BCUT2D eigenvalue weighted by atomic mass is 10.0. The van der Waals surface area contributed by atoms with Gasteiger partial charge in [0.1, 0.15) is 0 Å². The van der Waals surface area contributed by atoms with Crippen LogP contribution in [0, 0.1) is 12.8 Å². The molecule has 0 saturated heterocycles. The molecular weight excluding hydrogens is 336 g/mol. The first-order valence-electron chi connectivity index (χ1n) is 10.1. The van der Waals surface area contributed by atoms with Gasteiger partial charge in [-0.15, -0.1) is 0 Å². The van der Waals surface area contributed by atoms with E-state index in [1.807, 2.05) is 32.1 Å². The molecule has 0 unspecified atom stereocenters. The average Bonchev–Trinajstić information content (AvgIpc) is 3.45. The monoisotopic (exact) mass is 372 g/mol. The molecule has 0 N–H and O–H groups in total. The number of fused-ring (bicyclic) bond motifs is 1. The lowest BCUT2D eigenvalue weighted by molar-refractivity contribution is 0.983. The second-order valence-electron chi connectivity index (χ2n) is 7.50. The molecule has 0 aliphatic heterocycles. The fourth-order valence-electron chi connectivity index (χ4n) is 2.54. The molecular formula is C28H36. The number of allylic oxidation sites excluding steroid dienone is 8. The van der Waals surface area contributed by atoms with Gasteiger partial charge in [-0.1, -0.05) is 117 Å². The quantitative estimate of drug-likeness (QED) is 0.470. The number of aryl methyl sites for hydroxylation is 1. The zero-order valence-corrected chi connectivity index (χ0v) is 18.3. The molecule has 148 valence electrons. The molecule has 1 saturated carbocycles. The number of hydrogen-bond donors (Lipinski definition) is 0. The van der Waals surface area contributed by atoms with Gasteiger partial charge in [-0.2, -0.15) is 0 Å². The van der Waals surface area contributed by atoms with Crippen molar-refractivity contribution >= 4 is 10.8 Å². The van der Waals surface area contributed by atoms with E-state index >= 15 is 0 Å². The van der Waals surface area contributed by atoms with Crippen molar-refractivity contribution in [1.82, 2.24) is 0 Å². The highest BCUT2D eigenvalue weighted by molar-refractivity contribution is 5.82. The van der Waals surface area contributed by atoms with Crippen molar-refractivity contribution in [2.75, 3.05) is 0 Å². The molecule has 2 aromatic carbocycles. The Bertz CT molecular complexity index is 854. The van der Waals surface area contributed by atoms with Gasteiger partial charge in [-0.05, 0) is 55.5 Å². The normalized spacial score (nSPS) is 14.0. The molecule has 0 bridgehead atoms. The predicted octanol–water partition coefficient (Wildman–Crippen LogP) is 8.76. The minimum absolute atomic E-state index is 1.08. The second-order valence-corrected chi connectivity index (χ2v) is 7.50. The van der Waals surface area contributed by atoms with E-state index in [9.17, 15) is 0 Å². The molecule has 0 radical (unpaired) electrons. The zero-order valence-electron chi connectivity index (χ0n) is 18.3. The largest absolute Gasteiger partial charge is 0.0991 e. The molecule has 0 nitrogen and oxygen atoms in total. The van der Waals surface area contributed by atoms with Gasteiger partial charge in [0.15, 0.2) is 0 Å². The molecule has 0 amide bonds. The van der Waals surface area contributed by atoms with Gasteiger partial charge in [-0.25, -0.2) is 0 Å². The van der Waals surface area contributed by atoms with Crippen molar-refractivity contribution in [2.24, 2.45) is 5.92 Å². The van der Waals surface area contributed by atoms with Gasteiger partial charge in [0.05, 0.1) is 0 Å². The van der Waals surface area contributed by atoms with Crippen LogP contribution in [0.5, 0.6) is 0 Å². The molecule has 3 rings (SSSR count). The summed E-state index contributed by atoms with van der Waals surface area (Å²) in [5, 5.41) is 2.64. The first-order chi connectivity index (χ1) is 13.4. The minimum atomic E-state index is 1.08. The fraction of sp³-hybridized carbons (Fsp3) is 0.286. The third-order valence-electron chi connectivity index (χ3n) is 4.48. The summed E-state index contributed by atoms with van der Waals surface area (Å²) in [5.74, 6) is 1.08. The Hall–Kier alpha value is -2.60. The summed E-state index contributed by atoms with van der Waals surface area (Å²) in [4.78, 5) is 0. The number of rotatable bonds is 4. The van der Waals surface area contributed by atoms with E-state index in [4.69, 9.17) is 0 Å². The van der Waals surface area contributed by atoms with Crippen LogP contribution >= 0.6 is 0 Å². The predicted molar refractivity (Wildman–Crippen MR) is 129 cm³/mol. The van der Waals surface area contributed by atoms with E-state index < -0.39 is 0 Å². The van der Waals surface area contributed by atoms with E-state index in [0.717, 1.165) is 11.5 Å². The van der Waals surface area contributed by atoms with Gasteiger partial charge in [0.25, 0.3) is 0 Å². The standard InChI is InChI=1S/C13H18.C11H10.C4H8/c1-6-8-10-13(11(3)4)12(5)9-7-2;1-9-6-7-10-4-2-3-5-11(10)8-9;1-4-2-3-4/h6-10H,2-3H2,1,4-5H3;2-8H,1H3;4H,2-3H2,1H3/b8-6-,12-9-,13-10+;;. The maximum atomic E-state index is 3.93. The third kappa shape index (κ3) is 9.37. The summed E-state index contributed by atoms with van der Waals surface area (Å²) in [5.41, 5.74) is 4.77. The van der Waals surface area contributed by atoms with E-state index in [0.29, 0.717) is 0 Å². The molecule has 1 aliphatic carbocycles. The van der Waals surface area contributed by atoms with Crippen LogP contribution in [0.4, 0.5) is 0 Å². The highest BCUT2D eigenvalue weighted by atomic mass is 14.2. The Morgan fingerprint density at radius 1 is 1.00 bits per heavy atom. The van der Waals surface area contributed by atoms with Crippen LogP contribution < -0.4 is 0 Å². The smallest absolute Gasteiger partial charge is 0.0181 e. The van der Waals surface area contributed by atoms with Crippen LogP contribution in [-0.4, -0.2) is 0 Å². The topological polar surface area (TPSA) is 0 Å². The van der Waals surface area contributed by atoms with Crippen molar-refractivity contribution in [2.45, 2.75) is 47.5 Å². The maximum Gasteiger partial charge on any atom is -0.0181 e. The fourth-order valence-corrected chi connectivity index (χ4v) is 2.54. The molecule has 1 fully saturated rings. The molecule has 0 aromatic heterocycles. The minimum Gasteiger partial charge on any atom is -0.0991 e. The van der Waals surface area contributed by atoms with Crippen molar-refractivity contribution in [3.63, 3.8) is 0 Å². The summed E-state index contributed by atoms with van der Waals surface area (Å²) in [6, 6.07) is 14.9. The maximum absolute atomic E-state index is 3.93. The highest BCUT2D eigenvalue weighted by Gasteiger charge is 2.12. The first kappa shape index (κ1) is 23.4. The van der Waals surface area contributed by atoms with Crippen LogP contribution in [0.25, 0.3) is 10.8 Å². The molecule has 1 aliphatic rings. The van der Waals surface area contributed by atoms with Crippen molar-refractivity contribution in [1.29, 1.82) is 0 Å². The molecule has 0 heteroatoms. The van der Waals surface area contributed by atoms with E-state index in [1.54, 1.807) is 6.08 Å². The Morgan fingerprint density at radius 3 is 2.11 bits per heavy atom. The SMILES string of the molecule is C=C\C=C(C)/C(=C/C=C\C)C(=C)C.CC1CC1.Cc1ccc2ccccc2c1. The Kier molecular flexibility index (Phi) is 10.7. The van der Waals surface area contributed by atoms with E-state index in [1.165, 1.54) is 40.3 Å². The summed E-state index contributed by atoms with van der Waals surface area (Å²) in [7, 11) is 0. The van der Waals surface area contributed by atoms with Crippen molar-refractivity contribution in [3.05, 3.63) is 108 Å². The first-order valence-corrected chi connectivity index (χ1v) is 10.1. The number of benzene rings is 2. The molecule has 0 heterocycles. The van der Waals surface area contributed by atoms with Crippen LogP contribution in [0.2, 0.25) is 0 Å². The number of hydrogen-bond acceptors (Lipinski definition) is 0. The second kappa shape index (κ2) is 12.7. The van der Waals surface area contributed by atoms with E-state index in [-0.39, 0.29) is 0 Å². The van der Waals surface area contributed by atoms with Gasteiger partial charge in [0, 0.05) is 0 Å². The molecule has 2 aromatic rings. The third-order valence-corrected chi connectivity index (χ3v) is 4.48. The van der Waals surface area contributed by atoms with Crippen LogP contribution in [-0.2, 0) is 0 Å². The van der Waals surface area contributed by atoms with Crippen molar-refractivity contribution in [3.8, 4) is 0 Å². The summed E-state index contributed by atoms with van der Waals surface area (Å²) >= 11 is 0. The molecule has 0 atom stereocenters. The lowest BCUT2D eigenvalue weighted by Crippen LogP contribution is -1.85. The van der Waals surface area contributed by atoms with Crippen LogP contribution in [0.3, 0.4) is 0 Å². The van der Waals surface area contributed by atoms with Crippen LogP contribution in [0.15, 0.2) is 103 Å². The lowest BCUT2D eigenvalue weighted by Gasteiger charge is -2.05. The summed E-state index contributed by atoms with van der Waals surface area (Å²) < 4.78 is 0.